The van der Waals surface area contributed by atoms with E-state index < -0.39 is 5.54 Å². The lowest BCUT2D eigenvalue weighted by atomic mass is 9.98. The van der Waals surface area contributed by atoms with Crippen molar-refractivity contribution in [3.05, 3.63) is 21.4 Å². The van der Waals surface area contributed by atoms with Gasteiger partial charge in [-0.15, -0.1) is 11.3 Å². The zero-order chi connectivity index (χ0) is 14.8. The molecule has 1 amide bonds. The zero-order valence-electron chi connectivity index (χ0n) is 12.5. The normalized spacial score (nSPS) is 11.7. The van der Waals surface area contributed by atoms with Crippen LogP contribution in [0.2, 0.25) is 0 Å². The Morgan fingerprint density at radius 3 is 2.26 bits per heavy atom. The average molecular weight is 278 g/mol. The highest BCUT2D eigenvalue weighted by Gasteiger charge is 2.23. The predicted octanol–water partition coefficient (Wildman–Crippen LogP) is 4.03. The summed E-state index contributed by atoms with van der Waals surface area (Å²) in [5.74, 6) is 0.650. The predicted molar refractivity (Wildman–Crippen MR) is 79.7 cm³/mol. The minimum absolute atomic E-state index is 0.162. The second-order valence-corrected chi connectivity index (χ2v) is 7.01. The van der Waals surface area contributed by atoms with E-state index in [9.17, 15) is 4.79 Å². The number of carbonyl (C=O) groups is 1. The first-order valence-corrected chi connectivity index (χ1v) is 7.37. The summed E-state index contributed by atoms with van der Waals surface area (Å²) in [6.07, 6.45) is 0. The molecule has 0 atom stereocenters. The molecular formula is C15H22N2OS. The molecule has 0 radical (unpaired) electrons. The van der Waals surface area contributed by atoms with Crippen LogP contribution in [0, 0.1) is 11.3 Å². The quantitative estimate of drug-likeness (QED) is 0.904. The third-order valence-corrected chi connectivity index (χ3v) is 4.32. The molecule has 1 heterocycles. The molecule has 0 aromatic carbocycles. The van der Waals surface area contributed by atoms with Crippen molar-refractivity contribution in [2.24, 2.45) is 0 Å². The minimum Gasteiger partial charge on any atom is -0.334 e. The molecule has 0 unspecified atom stereocenters. The van der Waals surface area contributed by atoms with Crippen LogP contribution in [0.1, 0.15) is 73.5 Å². The Morgan fingerprint density at radius 1 is 1.32 bits per heavy atom. The molecule has 104 valence electrons. The highest BCUT2D eigenvalue weighted by molar-refractivity contribution is 7.14. The van der Waals surface area contributed by atoms with E-state index in [4.69, 9.17) is 5.26 Å². The van der Waals surface area contributed by atoms with Gasteiger partial charge in [-0.25, -0.2) is 0 Å². The van der Waals surface area contributed by atoms with Gasteiger partial charge in [-0.05, 0) is 37.3 Å². The first kappa shape index (κ1) is 15.7. The lowest BCUT2D eigenvalue weighted by molar-refractivity contribution is 0.0933. The SMILES string of the molecule is CC(C)c1cc(C(=O)NC(C)(C)C#N)sc1C(C)C. The summed E-state index contributed by atoms with van der Waals surface area (Å²) in [4.78, 5) is 14.1. The van der Waals surface area contributed by atoms with E-state index in [0.717, 1.165) is 0 Å². The number of carbonyl (C=O) groups excluding carboxylic acids is 1. The summed E-state index contributed by atoms with van der Waals surface area (Å²) in [5.41, 5.74) is 0.400. The maximum atomic E-state index is 12.2. The van der Waals surface area contributed by atoms with E-state index in [1.165, 1.54) is 21.8 Å². The van der Waals surface area contributed by atoms with Crippen molar-refractivity contribution < 1.29 is 4.79 Å². The van der Waals surface area contributed by atoms with Crippen LogP contribution in [-0.2, 0) is 0 Å². The van der Waals surface area contributed by atoms with Gasteiger partial charge in [0.05, 0.1) is 10.9 Å². The zero-order valence-corrected chi connectivity index (χ0v) is 13.3. The highest BCUT2D eigenvalue weighted by atomic mass is 32.1. The Labute approximate surface area is 119 Å². The largest absolute Gasteiger partial charge is 0.334 e. The van der Waals surface area contributed by atoms with Crippen molar-refractivity contribution >= 4 is 17.2 Å². The number of rotatable bonds is 4. The Bertz CT molecular complexity index is 481. The van der Waals surface area contributed by atoms with Crippen molar-refractivity contribution in [1.82, 2.24) is 5.32 Å². The van der Waals surface area contributed by atoms with Gasteiger partial charge in [-0.2, -0.15) is 5.26 Å². The Balaban J connectivity index is 3.06. The fraction of sp³-hybridized carbons (Fsp3) is 0.600. The molecule has 0 aliphatic rings. The Morgan fingerprint density at radius 2 is 1.89 bits per heavy atom. The molecule has 19 heavy (non-hydrogen) atoms. The molecular weight excluding hydrogens is 256 g/mol. The van der Waals surface area contributed by atoms with Gasteiger partial charge in [0.15, 0.2) is 0 Å². The molecule has 0 bridgehead atoms. The van der Waals surface area contributed by atoms with Crippen LogP contribution in [0.5, 0.6) is 0 Å². The number of nitriles is 1. The van der Waals surface area contributed by atoms with Crippen molar-refractivity contribution in [1.29, 1.82) is 5.26 Å². The third-order valence-electron chi connectivity index (χ3n) is 2.87. The lowest BCUT2D eigenvalue weighted by Crippen LogP contribution is -2.41. The smallest absolute Gasteiger partial charge is 0.262 e. The molecule has 0 aliphatic carbocycles. The maximum Gasteiger partial charge on any atom is 0.262 e. The highest BCUT2D eigenvalue weighted by Crippen LogP contribution is 2.34. The number of thiophene rings is 1. The molecule has 0 aliphatic heterocycles. The van der Waals surface area contributed by atoms with Gasteiger partial charge >= 0.3 is 0 Å². The summed E-state index contributed by atoms with van der Waals surface area (Å²) in [6, 6.07) is 4.05. The Hall–Kier alpha value is -1.34. The van der Waals surface area contributed by atoms with Gasteiger partial charge in [0.1, 0.15) is 5.54 Å². The number of amides is 1. The van der Waals surface area contributed by atoms with Gasteiger partial charge in [-0.3, -0.25) is 4.79 Å². The van der Waals surface area contributed by atoms with E-state index >= 15 is 0 Å². The first-order valence-electron chi connectivity index (χ1n) is 6.55. The van der Waals surface area contributed by atoms with Crippen molar-refractivity contribution in [2.75, 3.05) is 0 Å². The van der Waals surface area contributed by atoms with Gasteiger partial charge in [-0.1, -0.05) is 27.7 Å². The number of nitrogens with zero attached hydrogens (tertiary/aromatic N) is 1. The summed E-state index contributed by atoms with van der Waals surface area (Å²) in [7, 11) is 0. The van der Waals surface area contributed by atoms with Gasteiger partial charge in [0.25, 0.3) is 5.91 Å². The van der Waals surface area contributed by atoms with Crippen LogP contribution >= 0.6 is 11.3 Å². The Kier molecular flexibility index (Phi) is 4.75. The van der Waals surface area contributed by atoms with E-state index in [0.29, 0.717) is 16.7 Å². The molecule has 0 saturated carbocycles. The van der Waals surface area contributed by atoms with Crippen LogP contribution < -0.4 is 5.32 Å². The van der Waals surface area contributed by atoms with E-state index in [1.54, 1.807) is 13.8 Å². The van der Waals surface area contributed by atoms with Crippen LogP contribution in [0.4, 0.5) is 0 Å². The van der Waals surface area contributed by atoms with Crippen molar-refractivity contribution in [3.63, 3.8) is 0 Å². The van der Waals surface area contributed by atoms with Crippen LogP contribution in [-0.4, -0.2) is 11.4 Å². The topological polar surface area (TPSA) is 52.9 Å². The third kappa shape index (κ3) is 3.81. The van der Waals surface area contributed by atoms with Gasteiger partial charge < -0.3 is 5.32 Å². The number of hydrogen-bond donors (Lipinski definition) is 1. The molecule has 1 aromatic rings. The fourth-order valence-corrected chi connectivity index (χ4v) is 3.02. The fourth-order valence-electron chi connectivity index (χ4n) is 1.81. The minimum atomic E-state index is -0.836. The first-order chi connectivity index (χ1) is 8.68. The van der Waals surface area contributed by atoms with Crippen LogP contribution in [0.3, 0.4) is 0 Å². The molecule has 1 rings (SSSR count). The maximum absolute atomic E-state index is 12.2. The monoisotopic (exact) mass is 278 g/mol. The molecule has 0 saturated heterocycles. The summed E-state index contributed by atoms with van der Waals surface area (Å²) < 4.78 is 0. The average Bonchev–Trinajstić information content (AvgIpc) is 2.73. The van der Waals surface area contributed by atoms with Crippen molar-refractivity contribution in [3.8, 4) is 6.07 Å². The molecule has 4 heteroatoms. The standard InChI is InChI=1S/C15H22N2OS/c1-9(2)11-7-12(19-13(11)10(3)4)14(18)17-15(5,6)8-16/h7,9-10H,1-6H3,(H,17,18). The van der Waals surface area contributed by atoms with Crippen LogP contribution in [0.25, 0.3) is 0 Å². The van der Waals surface area contributed by atoms with E-state index in [-0.39, 0.29) is 5.91 Å². The lowest BCUT2D eigenvalue weighted by Gasteiger charge is -2.16. The molecule has 0 fully saturated rings. The number of hydrogen-bond acceptors (Lipinski definition) is 3. The summed E-state index contributed by atoms with van der Waals surface area (Å²) in [6.45, 7) is 11.9. The molecule has 3 nitrogen and oxygen atoms in total. The number of nitrogens with one attached hydrogen (secondary N) is 1. The summed E-state index contributed by atoms with van der Waals surface area (Å²) in [5, 5.41) is 11.7. The van der Waals surface area contributed by atoms with Crippen LogP contribution in [0.15, 0.2) is 6.07 Å². The van der Waals surface area contributed by atoms with Crippen molar-refractivity contribution in [2.45, 2.75) is 58.9 Å². The molecule has 1 N–H and O–H groups in total. The van der Waals surface area contributed by atoms with Gasteiger partial charge in [0, 0.05) is 4.88 Å². The summed E-state index contributed by atoms with van der Waals surface area (Å²) >= 11 is 1.53. The van der Waals surface area contributed by atoms with E-state index in [2.05, 4.69) is 39.1 Å². The second kappa shape index (κ2) is 5.75. The van der Waals surface area contributed by atoms with E-state index in [1.807, 2.05) is 6.07 Å². The second-order valence-electron chi connectivity index (χ2n) is 5.93. The molecule has 1 aromatic heterocycles. The molecule has 0 spiro atoms. The van der Waals surface area contributed by atoms with Gasteiger partial charge in [0.2, 0.25) is 0 Å².